The van der Waals surface area contributed by atoms with Crippen molar-refractivity contribution >= 4 is 51.5 Å². The maximum absolute atomic E-state index is 6.14. The van der Waals surface area contributed by atoms with E-state index in [0.29, 0.717) is 17.8 Å². The van der Waals surface area contributed by atoms with E-state index in [1.165, 1.54) is 12.8 Å². The molecule has 0 bridgehead atoms. The summed E-state index contributed by atoms with van der Waals surface area (Å²) in [5.74, 6) is 1.69. The molecule has 1 unspecified atom stereocenters. The molecule has 0 aliphatic carbocycles. The molecule has 3 aromatic rings. The van der Waals surface area contributed by atoms with Crippen molar-refractivity contribution in [3.63, 3.8) is 0 Å². The van der Waals surface area contributed by atoms with Crippen LogP contribution >= 0.6 is 34.8 Å². The van der Waals surface area contributed by atoms with Gasteiger partial charge in [0.05, 0.1) is 7.11 Å². The minimum Gasteiger partial charge on any atom is -0.496 e. The molecule has 1 saturated heterocycles. The van der Waals surface area contributed by atoms with Crippen LogP contribution in [0.4, 0.5) is 5.95 Å². The summed E-state index contributed by atoms with van der Waals surface area (Å²) in [7, 11) is 3.81. The average Bonchev–Trinajstić information content (AvgIpc) is 3.17. The van der Waals surface area contributed by atoms with Crippen molar-refractivity contribution in [3.8, 4) is 17.1 Å². The first kappa shape index (κ1) is 22.3. The number of likely N-dealkylation sites (tertiary alicyclic amines) is 1. The highest BCUT2D eigenvalue weighted by Gasteiger charge is 2.29. The molecule has 164 valence electrons. The van der Waals surface area contributed by atoms with Crippen LogP contribution in [0.5, 0.6) is 5.75 Å². The SMILES string of the molecule is COc1ccc(-c2nc(NCCC3CCCN3C)nc(C(Cl)(Cl)Cl)n2)c2ccccc12. The monoisotopic (exact) mass is 479 g/mol. The number of alkyl halides is 3. The summed E-state index contributed by atoms with van der Waals surface area (Å²) < 4.78 is 3.74. The van der Waals surface area contributed by atoms with Gasteiger partial charge >= 0.3 is 0 Å². The number of anilines is 1. The second-order valence-electron chi connectivity index (χ2n) is 7.66. The van der Waals surface area contributed by atoms with E-state index < -0.39 is 3.79 Å². The number of methoxy groups -OCH3 is 1. The Hall–Kier alpha value is -1.86. The van der Waals surface area contributed by atoms with Gasteiger partial charge in [-0.1, -0.05) is 59.1 Å². The Kier molecular flexibility index (Phi) is 6.72. The predicted octanol–water partition coefficient (Wildman–Crippen LogP) is 5.42. The van der Waals surface area contributed by atoms with E-state index in [9.17, 15) is 0 Å². The number of aromatic nitrogens is 3. The Bertz CT molecular complexity index is 1070. The van der Waals surface area contributed by atoms with Crippen molar-refractivity contribution in [2.45, 2.75) is 29.1 Å². The Balaban J connectivity index is 1.69. The van der Waals surface area contributed by atoms with Crippen LogP contribution in [0.3, 0.4) is 0 Å². The van der Waals surface area contributed by atoms with Gasteiger partial charge in [0.15, 0.2) is 11.6 Å². The summed E-state index contributed by atoms with van der Waals surface area (Å²) in [6.07, 6.45) is 3.43. The summed E-state index contributed by atoms with van der Waals surface area (Å²) in [5, 5.41) is 5.20. The van der Waals surface area contributed by atoms with Crippen LogP contribution in [0.15, 0.2) is 36.4 Å². The van der Waals surface area contributed by atoms with Crippen LogP contribution in [0.2, 0.25) is 0 Å². The van der Waals surface area contributed by atoms with Gasteiger partial charge in [-0.25, -0.2) is 4.98 Å². The molecule has 1 N–H and O–H groups in total. The molecule has 1 aliphatic heterocycles. The Morgan fingerprint density at radius 2 is 1.87 bits per heavy atom. The molecule has 0 radical (unpaired) electrons. The van der Waals surface area contributed by atoms with Crippen molar-refractivity contribution in [2.24, 2.45) is 0 Å². The average molecular weight is 481 g/mol. The lowest BCUT2D eigenvalue weighted by Crippen LogP contribution is -2.27. The number of hydrogen-bond donors (Lipinski definition) is 1. The van der Waals surface area contributed by atoms with Gasteiger partial charge in [-0.3, -0.25) is 0 Å². The third kappa shape index (κ3) is 4.98. The molecule has 0 saturated carbocycles. The van der Waals surface area contributed by atoms with Crippen LogP contribution in [0.1, 0.15) is 25.1 Å². The van der Waals surface area contributed by atoms with Crippen LogP contribution in [-0.4, -0.2) is 53.1 Å². The van der Waals surface area contributed by atoms with E-state index >= 15 is 0 Å². The van der Waals surface area contributed by atoms with Crippen LogP contribution in [-0.2, 0) is 3.79 Å². The summed E-state index contributed by atoms with van der Waals surface area (Å²) in [6, 6.07) is 12.3. The first-order valence-corrected chi connectivity index (χ1v) is 11.3. The molecule has 1 fully saturated rings. The van der Waals surface area contributed by atoms with E-state index in [0.717, 1.165) is 41.6 Å². The number of benzene rings is 2. The second kappa shape index (κ2) is 9.33. The molecular formula is C22H24Cl3N5O. The van der Waals surface area contributed by atoms with Crippen molar-refractivity contribution in [1.29, 1.82) is 0 Å². The number of halogens is 3. The highest BCUT2D eigenvalue weighted by atomic mass is 35.6. The largest absolute Gasteiger partial charge is 0.496 e. The number of nitrogens with one attached hydrogen (secondary N) is 1. The fourth-order valence-electron chi connectivity index (χ4n) is 4.04. The minimum absolute atomic E-state index is 0.0860. The van der Waals surface area contributed by atoms with Gasteiger partial charge in [0.1, 0.15) is 5.75 Å². The zero-order chi connectivity index (χ0) is 22.0. The molecule has 1 aromatic heterocycles. The van der Waals surface area contributed by atoms with E-state index in [4.69, 9.17) is 39.5 Å². The number of fused-ring (bicyclic) bond motifs is 1. The van der Waals surface area contributed by atoms with Crippen LogP contribution in [0.25, 0.3) is 22.2 Å². The van der Waals surface area contributed by atoms with Crippen molar-refractivity contribution in [3.05, 3.63) is 42.2 Å². The van der Waals surface area contributed by atoms with Crippen molar-refractivity contribution in [1.82, 2.24) is 19.9 Å². The van der Waals surface area contributed by atoms with Gasteiger partial charge in [-0.05, 0) is 50.4 Å². The molecule has 1 aliphatic rings. The standard InChI is InChI=1S/C22H24Cl3N5O/c1-30-13-5-6-14(30)11-12-26-21-28-19(27-20(29-21)22(23,24)25)17-9-10-18(31-2)16-8-4-3-7-15(16)17/h3-4,7-10,14H,5-6,11-13H2,1-2H3,(H,26,27,28,29). The molecule has 9 heteroatoms. The first-order valence-electron chi connectivity index (χ1n) is 10.2. The third-order valence-electron chi connectivity index (χ3n) is 5.67. The lowest BCUT2D eigenvalue weighted by atomic mass is 10.0. The normalized spacial score (nSPS) is 17.3. The van der Waals surface area contributed by atoms with E-state index in [1.807, 2.05) is 36.4 Å². The second-order valence-corrected chi connectivity index (χ2v) is 9.94. The third-order valence-corrected chi connectivity index (χ3v) is 6.17. The Morgan fingerprint density at radius 1 is 1.10 bits per heavy atom. The Morgan fingerprint density at radius 3 is 2.55 bits per heavy atom. The molecule has 2 aromatic carbocycles. The molecule has 0 spiro atoms. The highest BCUT2D eigenvalue weighted by Crippen LogP contribution is 2.38. The molecule has 4 rings (SSSR count). The fourth-order valence-corrected chi connectivity index (χ4v) is 4.29. The maximum Gasteiger partial charge on any atom is 0.250 e. The van der Waals surface area contributed by atoms with Crippen LogP contribution < -0.4 is 10.1 Å². The summed E-state index contributed by atoms with van der Waals surface area (Å²) in [6.45, 7) is 1.86. The van der Waals surface area contributed by atoms with Gasteiger partial charge in [0.2, 0.25) is 9.74 Å². The van der Waals surface area contributed by atoms with Gasteiger partial charge in [0, 0.05) is 23.5 Å². The molecule has 6 nitrogen and oxygen atoms in total. The van der Waals surface area contributed by atoms with Crippen molar-refractivity contribution < 1.29 is 4.74 Å². The smallest absolute Gasteiger partial charge is 0.250 e. The quantitative estimate of drug-likeness (QED) is 0.475. The highest BCUT2D eigenvalue weighted by molar-refractivity contribution is 6.66. The fraction of sp³-hybridized carbons (Fsp3) is 0.409. The summed E-state index contributed by atoms with van der Waals surface area (Å²) in [5.41, 5.74) is 0.813. The lowest BCUT2D eigenvalue weighted by molar-refractivity contribution is 0.301. The van der Waals surface area contributed by atoms with Gasteiger partial charge < -0.3 is 15.0 Å². The minimum atomic E-state index is -1.76. The number of ether oxygens (including phenoxy) is 1. The van der Waals surface area contributed by atoms with Gasteiger partial charge in [0.25, 0.3) is 0 Å². The zero-order valence-electron chi connectivity index (χ0n) is 17.4. The first-order chi connectivity index (χ1) is 14.9. The summed E-state index contributed by atoms with van der Waals surface area (Å²) in [4.78, 5) is 15.9. The van der Waals surface area contributed by atoms with Crippen LogP contribution in [0, 0.1) is 0 Å². The maximum atomic E-state index is 6.14. The van der Waals surface area contributed by atoms with E-state index in [-0.39, 0.29) is 5.82 Å². The Labute approximate surface area is 196 Å². The topological polar surface area (TPSA) is 63.2 Å². The number of rotatable bonds is 6. The van der Waals surface area contributed by atoms with Gasteiger partial charge in [-0.2, -0.15) is 9.97 Å². The number of hydrogen-bond acceptors (Lipinski definition) is 6. The molecular weight excluding hydrogens is 457 g/mol. The van der Waals surface area contributed by atoms with E-state index in [2.05, 4.69) is 32.2 Å². The van der Waals surface area contributed by atoms with E-state index in [1.54, 1.807) is 7.11 Å². The summed E-state index contributed by atoms with van der Waals surface area (Å²) >= 11 is 18.4. The predicted molar refractivity (Wildman–Crippen MR) is 127 cm³/mol. The molecule has 0 amide bonds. The molecule has 31 heavy (non-hydrogen) atoms. The molecule has 1 atom stereocenters. The van der Waals surface area contributed by atoms with Gasteiger partial charge in [-0.15, -0.1) is 0 Å². The molecule has 2 heterocycles. The lowest BCUT2D eigenvalue weighted by Gasteiger charge is -2.19. The number of nitrogens with zero attached hydrogens (tertiary/aromatic N) is 4. The zero-order valence-corrected chi connectivity index (χ0v) is 19.7. The van der Waals surface area contributed by atoms with Crippen molar-refractivity contribution in [2.75, 3.05) is 32.6 Å².